The van der Waals surface area contributed by atoms with Gasteiger partial charge in [0.1, 0.15) is 23.9 Å². The van der Waals surface area contributed by atoms with E-state index in [1.165, 1.54) is 35.2 Å². The third kappa shape index (κ3) is 5.40. The van der Waals surface area contributed by atoms with Gasteiger partial charge in [0.15, 0.2) is 19.0 Å². The molecule has 0 aromatic heterocycles. The first-order valence-electron chi connectivity index (χ1n) is 10.7. The maximum Gasteiger partial charge on any atom is 0.265 e. The Kier molecular flexibility index (Phi) is 6.87. The van der Waals surface area contributed by atoms with E-state index in [-0.39, 0.29) is 43.4 Å². The van der Waals surface area contributed by atoms with Gasteiger partial charge in [-0.25, -0.2) is 4.39 Å². The van der Waals surface area contributed by atoms with Crippen LogP contribution in [0.4, 0.5) is 10.1 Å². The van der Waals surface area contributed by atoms with Gasteiger partial charge < -0.3 is 14.8 Å². The maximum absolute atomic E-state index is 13.0. The van der Waals surface area contributed by atoms with E-state index in [0.29, 0.717) is 22.7 Å². The molecular weight excluding hydrogens is 439 g/mol. The van der Waals surface area contributed by atoms with Crippen LogP contribution in [0.1, 0.15) is 28.9 Å². The van der Waals surface area contributed by atoms with Crippen molar-refractivity contribution < 1.29 is 28.2 Å². The molecule has 1 aliphatic heterocycles. The zero-order chi connectivity index (χ0) is 24.1. The molecule has 174 valence electrons. The van der Waals surface area contributed by atoms with E-state index in [1.807, 2.05) is 37.3 Å². The molecule has 0 unspecified atom stereocenters. The first kappa shape index (κ1) is 23.0. The summed E-state index contributed by atoms with van der Waals surface area (Å²) in [5.74, 6) is -0.708. The Morgan fingerprint density at radius 3 is 2.56 bits per heavy atom. The zero-order valence-corrected chi connectivity index (χ0v) is 18.5. The SMILES string of the molecule is C[C@H](NC(=O)CN1C(=O)COc2ccc(C(=O)COc3ccc(F)cc3)cc21)c1ccccc1. The van der Waals surface area contributed by atoms with Gasteiger partial charge in [0, 0.05) is 5.56 Å². The van der Waals surface area contributed by atoms with Crippen molar-refractivity contribution in [2.75, 3.05) is 24.7 Å². The number of ether oxygens (including phenoxy) is 2. The molecule has 4 rings (SSSR count). The lowest BCUT2D eigenvalue weighted by Gasteiger charge is -2.29. The van der Waals surface area contributed by atoms with Crippen LogP contribution in [-0.2, 0) is 9.59 Å². The van der Waals surface area contributed by atoms with E-state index in [0.717, 1.165) is 5.56 Å². The predicted octanol–water partition coefficient (Wildman–Crippen LogP) is 3.69. The number of hydrogen-bond donors (Lipinski definition) is 1. The number of halogens is 1. The van der Waals surface area contributed by atoms with Crippen molar-refractivity contribution in [3.8, 4) is 11.5 Å². The van der Waals surface area contributed by atoms with Crippen LogP contribution >= 0.6 is 0 Å². The van der Waals surface area contributed by atoms with E-state index in [2.05, 4.69) is 5.32 Å². The van der Waals surface area contributed by atoms with Gasteiger partial charge in [0.25, 0.3) is 5.91 Å². The fraction of sp³-hybridized carbons (Fsp3) is 0.192. The van der Waals surface area contributed by atoms with Crippen molar-refractivity contribution >= 4 is 23.3 Å². The summed E-state index contributed by atoms with van der Waals surface area (Å²) in [7, 11) is 0. The van der Waals surface area contributed by atoms with Crippen molar-refractivity contribution in [1.82, 2.24) is 5.32 Å². The maximum atomic E-state index is 13.0. The van der Waals surface area contributed by atoms with Crippen LogP contribution in [0.5, 0.6) is 11.5 Å². The number of rotatable bonds is 8. The molecule has 0 aliphatic carbocycles. The van der Waals surface area contributed by atoms with Gasteiger partial charge in [-0.15, -0.1) is 0 Å². The summed E-state index contributed by atoms with van der Waals surface area (Å²) in [4.78, 5) is 39.2. The first-order valence-corrected chi connectivity index (χ1v) is 10.7. The van der Waals surface area contributed by atoms with Crippen molar-refractivity contribution in [3.05, 3.63) is 89.7 Å². The molecular formula is C26H23FN2O5. The third-order valence-electron chi connectivity index (χ3n) is 5.39. The summed E-state index contributed by atoms with van der Waals surface area (Å²) < 4.78 is 23.9. The number of benzene rings is 3. The highest BCUT2D eigenvalue weighted by atomic mass is 19.1. The van der Waals surface area contributed by atoms with Gasteiger partial charge in [-0.3, -0.25) is 19.3 Å². The second-order valence-corrected chi connectivity index (χ2v) is 7.82. The van der Waals surface area contributed by atoms with Crippen molar-refractivity contribution in [3.63, 3.8) is 0 Å². The van der Waals surface area contributed by atoms with Gasteiger partial charge in [0.05, 0.1) is 11.7 Å². The summed E-state index contributed by atoms with van der Waals surface area (Å²) in [6.45, 7) is 1.18. The Morgan fingerprint density at radius 2 is 1.82 bits per heavy atom. The van der Waals surface area contributed by atoms with E-state index in [1.54, 1.807) is 12.1 Å². The smallest absolute Gasteiger partial charge is 0.265 e. The summed E-state index contributed by atoms with van der Waals surface area (Å²) >= 11 is 0. The monoisotopic (exact) mass is 462 g/mol. The predicted molar refractivity (Wildman–Crippen MR) is 124 cm³/mol. The largest absolute Gasteiger partial charge is 0.485 e. The van der Waals surface area contributed by atoms with Gasteiger partial charge in [-0.1, -0.05) is 30.3 Å². The molecule has 0 bridgehead atoms. The molecule has 3 aromatic carbocycles. The molecule has 0 fully saturated rings. The van der Waals surface area contributed by atoms with Crippen LogP contribution in [0.2, 0.25) is 0 Å². The number of carbonyl (C=O) groups excluding carboxylic acids is 3. The Morgan fingerprint density at radius 1 is 1.09 bits per heavy atom. The quantitative estimate of drug-likeness (QED) is 0.516. The number of ketones is 1. The molecule has 34 heavy (non-hydrogen) atoms. The van der Waals surface area contributed by atoms with Crippen molar-refractivity contribution in [2.24, 2.45) is 0 Å². The highest BCUT2D eigenvalue weighted by molar-refractivity contribution is 6.04. The van der Waals surface area contributed by atoms with Gasteiger partial charge in [0.2, 0.25) is 5.91 Å². The minimum atomic E-state index is -0.402. The number of amides is 2. The Labute approximate surface area is 196 Å². The molecule has 0 spiro atoms. The molecule has 1 atom stereocenters. The van der Waals surface area contributed by atoms with Crippen LogP contribution in [0, 0.1) is 5.82 Å². The minimum absolute atomic E-state index is 0.199. The highest BCUT2D eigenvalue weighted by Crippen LogP contribution is 2.33. The van der Waals surface area contributed by atoms with Gasteiger partial charge >= 0.3 is 0 Å². The van der Waals surface area contributed by atoms with Crippen molar-refractivity contribution in [2.45, 2.75) is 13.0 Å². The summed E-state index contributed by atoms with van der Waals surface area (Å²) in [6, 6.07) is 19.3. The fourth-order valence-electron chi connectivity index (χ4n) is 3.57. The molecule has 0 saturated heterocycles. The summed E-state index contributed by atoms with van der Waals surface area (Å²) in [5.41, 5.74) is 1.58. The zero-order valence-electron chi connectivity index (χ0n) is 18.5. The number of nitrogens with one attached hydrogen (secondary N) is 1. The first-order chi connectivity index (χ1) is 16.4. The molecule has 8 heteroatoms. The number of anilines is 1. The van der Waals surface area contributed by atoms with E-state index >= 15 is 0 Å². The number of hydrogen-bond acceptors (Lipinski definition) is 5. The van der Waals surface area contributed by atoms with Crippen LogP contribution in [0.3, 0.4) is 0 Å². The standard InChI is InChI=1S/C26H23FN2O5/c1-17(18-5-3-2-4-6-18)28-25(31)14-29-22-13-19(7-12-24(22)34-16-26(29)32)23(30)15-33-21-10-8-20(27)9-11-21/h2-13,17H,14-16H2,1H3,(H,28,31)/t17-/m0/s1. The number of nitrogens with zero attached hydrogens (tertiary/aromatic N) is 1. The molecule has 0 radical (unpaired) electrons. The Hall–Kier alpha value is -4.20. The fourth-order valence-corrected chi connectivity index (χ4v) is 3.57. The van der Waals surface area contributed by atoms with Crippen LogP contribution < -0.4 is 19.7 Å². The molecule has 0 saturated carbocycles. The second kappa shape index (κ2) is 10.2. The van der Waals surface area contributed by atoms with Gasteiger partial charge in [-0.05, 0) is 55.0 Å². The Bertz CT molecular complexity index is 1200. The number of carbonyl (C=O) groups is 3. The number of fused-ring (bicyclic) bond motifs is 1. The minimum Gasteiger partial charge on any atom is -0.485 e. The molecule has 1 aliphatic rings. The number of Topliss-reactive ketones (excluding diaryl/α,β-unsaturated/α-hetero) is 1. The molecule has 3 aromatic rings. The average Bonchev–Trinajstić information content (AvgIpc) is 2.85. The van der Waals surface area contributed by atoms with Crippen LogP contribution in [-0.4, -0.2) is 37.4 Å². The summed E-state index contributed by atoms with van der Waals surface area (Å²) in [5, 5.41) is 2.89. The topological polar surface area (TPSA) is 84.9 Å². The molecule has 1 heterocycles. The van der Waals surface area contributed by atoms with Crippen LogP contribution in [0.15, 0.2) is 72.8 Å². The molecule has 2 amide bonds. The lowest BCUT2D eigenvalue weighted by atomic mass is 10.1. The summed E-state index contributed by atoms with van der Waals surface area (Å²) in [6.07, 6.45) is 0. The second-order valence-electron chi connectivity index (χ2n) is 7.82. The van der Waals surface area contributed by atoms with Gasteiger partial charge in [-0.2, -0.15) is 0 Å². The average molecular weight is 462 g/mol. The molecule has 1 N–H and O–H groups in total. The highest BCUT2D eigenvalue weighted by Gasteiger charge is 2.28. The Balaban J connectivity index is 1.45. The normalized spacial score (nSPS) is 13.5. The van der Waals surface area contributed by atoms with E-state index in [9.17, 15) is 18.8 Å². The lowest BCUT2D eigenvalue weighted by molar-refractivity contribution is -0.125. The lowest BCUT2D eigenvalue weighted by Crippen LogP contribution is -2.45. The van der Waals surface area contributed by atoms with E-state index in [4.69, 9.17) is 9.47 Å². The molecule has 7 nitrogen and oxygen atoms in total. The third-order valence-corrected chi connectivity index (χ3v) is 5.39. The van der Waals surface area contributed by atoms with Crippen molar-refractivity contribution in [1.29, 1.82) is 0 Å². The van der Waals surface area contributed by atoms with E-state index < -0.39 is 5.82 Å². The van der Waals surface area contributed by atoms with Crippen LogP contribution in [0.25, 0.3) is 0 Å².